The van der Waals surface area contributed by atoms with Crippen LogP contribution in [0.1, 0.15) is 49.9 Å². The van der Waals surface area contributed by atoms with Gasteiger partial charge in [-0.2, -0.15) is 0 Å². The zero-order valence-corrected chi connectivity index (χ0v) is 17.6. The van der Waals surface area contributed by atoms with Gasteiger partial charge < -0.3 is 15.4 Å². The highest BCUT2D eigenvalue weighted by Gasteiger charge is 2.26. The quantitative estimate of drug-likeness (QED) is 0.768. The maximum absolute atomic E-state index is 12.9. The van der Waals surface area contributed by atoms with Crippen LogP contribution in [0.15, 0.2) is 35.7 Å². The van der Waals surface area contributed by atoms with Crippen LogP contribution >= 0.6 is 11.3 Å². The maximum atomic E-state index is 12.9. The van der Waals surface area contributed by atoms with Crippen LogP contribution in [-0.4, -0.2) is 25.0 Å². The lowest BCUT2D eigenvalue weighted by molar-refractivity contribution is -0.118. The van der Waals surface area contributed by atoms with Gasteiger partial charge in [-0.05, 0) is 40.5 Å². The Morgan fingerprint density at radius 3 is 2.37 bits per heavy atom. The first-order valence-corrected chi connectivity index (χ1v) is 9.85. The predicted molar refractivity (Wildman–Crippen MR) is 111 cm³/mol. The molecular formula is C21H28N2O3S. The Labute approximate surface area is 165 Å². The number of hydrogen-bond acceptors (Lipinski definition) is 4. The van der Waals surface area contributed by atoms with Gasteiger partial charge in [0.15, 0.2) is 0 Å². The second kappa shape index (κ2) is 8.57. The molecule has 0 saturated carbocycles. The lowest BCUT2D eigenvalue weighted by Crippen LogP contribution is -2.47. The molecule has 1 atom stereocenters. The Kier molecular flexibility index (Phi) is 6.65. The van der Waals surface area contributed by atoms with Crippen LogP contribution < -0.4 is 15.4 Å². The van der Waals surface area contributed by atoms with Crippen molar-refractivity contribution in [1.82, 2.24) is 5.32 Å². The summed E-state index contributed by atoms with van der Waals surface area (Å²) in [6.07, 6.45) is 0. The van der Waals surface area contributed by atoms with Crippen LogP contribution in [0.5, 0.6) is 5.75 Å². The molecule has 0 aliphatic rings. The first-order valence-electron chi connectivity index (χ1n) is 8.97. The van der Waals surface area contributed by atoms with E-state index in [-0.39, 0.29) is 23.1 Å². The van der Waals surface area contributed by atoms with E-state index in [4.69, 9.17) is 4.74 Å². The van der Waals surface area contributed by atoms with E-state index in [1.54, 1.807) is 13.2 Å². The summed E-state index contributed by atoms with van der Waals surface area (Å²) in [5.74, 6) is 0.0164. The molecule has 2 N–H and O–H groups in total. The lowest BCUT2D eigenvalue weighted by Gasteiger charge is -2.24. The Morgan fingerprint density at radius 1 is 1.15 bits per heavy atom. The topological polar surface area (TPSA) is 67.4 Å². The summed E-state index contributed by atoms with van der Waals surface area (Å²) < 4.78 is 5.39. The second-order valence-electron chi connectivity index (χ2n) is 7.83. The number of benzene rings is 1. The molecule has 6 heteroatoms. The van der Waals surface area contributed by atoms with Gasteiger partial charge in [-0.1, -0.05) is 46.8 Å². The molecule has 2 amide bonds. The molecule has 1 heterocycles. The molecule has 1 aromatic carbocycles. The third-order valence-corrected chi connectivity index (χ3v) is 5.17. The van der Waals surface area contributed by atoms with Gasteiger partial charge in [0, 0.05) is 0 Å². The summed E-state index contributed by atoms with van der Waals surface area (Å²) in [5, 5.41) is 7.61. The van der Waals surface area contributed by atoms with Gasteiger partial charge in [0.25, 0.3) is 5.91 Å². The smallest absolute Gasteiger partial charge is 0.262 e. The van der Waals surface area contributed by atoms with Crippen LogP contribution in [0, 0.1) is 5.92 Å². The first-order chi connectivity index (χ1) is 12.6. The zero-order chi connectivity index (χ0) is 20.2. The van der Waals surface area contributed by atoms with E-state index in [1.807, 2.05) is 43.5 Å². The van der Waals surface area contributed by atoms with Gasteiger partial charge in [-0.3, -0.25) is 9.59 Å². The summed E-state index contributed by atoms with van der Waals surface area (Å²) in [6.45, 7) is 10.1. The molecule has 27 heavy (non-hydrogen) atoms. The Balaban J connectivity index is 2.23. The molecule has 0 aliphatic heterocycles. The molecule has 5 nitrogen and oxygen atoms in total. The Morgan fingerprint density at radius 2 is 1.85 bits per heavy atom. The molecule has 0 radical (unpaired) electrons. The van der Waals surface area contributed by atoms with Gasteiger partial charge in [0.1, 0.15) is 11.8 Å². The number of thiophene rings is 1. The number of amides is 2. The fraction of sp³-hybridized carbons (Fsp3) is 0.429. The van der Waals surface area contributed by atoms with Crippen LogP contribution in [0.2, 0.25) is 0 Å². The van der Waals surface area contributed by atoms with E-state index in [2.05, 4.69) is 31.4 Å². The fourth-order valence-electron chi connectivity index (χ4n) is 2.64. The van der Waals surface area contributed by atoms with Gasteiger partial charge >= 0.3 is 0 Å². The predicted octanol–water partition coefficient (Wildman–Crippen LogP) is 4.45. The average Bonchev–Trinajstić information content (AvgIpc) is 3.12. The van der Waals surface area contributed by atoms with Crippen molar-refractivity contribution < 1.29 is 14.3 Å². The molecule has 0 spiro atoms. The third-order valence-electron chi connectivity index (χ3n) is 4.30. The molecule has 2 rings (SSSR count). The number of hydrogen-bond donors (Lipinski definition) is 2. The van der Waals surface area contributed by atoms with Crippen molar-refractivity contribution in [3.05, 3.63) is 46.2 Å². The Hall–Kier alpha value is -2.34. The summed E-state index contributed by atoms with van der Waals surface area (Å²) in [5.41, 5.74) is 1.63. The van der Waals surface area contributed by atoms with E-state index in [0.717, 1.165) is 5.56 Å². The van der Waals surface area contributed by atoms with Gasteiger partial charge in [-0.25, -0.2) is 0 Å². The van der Waals surface area contributed by atoms with Crippen LogP contribution in [0.25, 0.3) is 0 Å². The van der Waals surface area contributed by atoms with Crippen LogP contribution in [-0.2, 0) is 10.2 Å². The second-order valence-corrected chi connectivity index (χ2v) is 8.77. The first kappa shape index (κ1) is 21.0. The van der Waals surface area contributed by atoms with Crippen LogP contribution in [0.3, 0.4) is 0 Å². The fourth-order valence-corrected chi connectivity index (χ4v) is 3.26. The van der Waals surface area contributed by atoms with Crippen LogP contribution in [0.4, 0.5) is 5.69 Å². The van der Waals surface area contributed by atoms with Crippen molar-refractivity contribution in [2.24, 2.45) is 5.92 Å². The molecule has 2 aromatic rings. The minimum absolute atomic E-state index is 0.0589. The largest absolute Gasteiger partial charge is 0.495 e. The molecule has 146 valence electrons. The highest BCUT2D eigenvalue weighted by Crippen LogP contribution is 2.31. The third kappa shape index (κ3) is 5.32. The van der Waals surface area contributed by atoms with E-state index in [1.165, 1.54) is 11.3 Å². The normalized spacial score (nSPS) is 12.6. The molecule has 1 unspecified atom stereocenters. The van der Waals surface area contributed by atoms with Crippen molar-refractivity contribution in [3.8, 4) is 5.75 Å². The van der Waals surface area contributed by atoms with Gasteiger partial charge in [0.2, 0.25) is 5.91 Å². The molecule has 0 saturated heterocycles. The highest BCUT2D eigenvalue weighted by atomic mass is 32.1. The van der Waals surface area contributed by atoms with E-state index < -0.39 is 6.04 Å². The van der Waals surface area contributed by atoms with E-state index in [9.17, 15) is 9.59 Å². The summed E-state index contributed by atoms with van der Waals surface area (Å²) in [4.78, 5) is 25.9. The highest BCUT2D eigenvalue weighted by molar-refractivity contribution is 7.12. The van der Waals surface area contributed by atoms with Crippen molar-refractivity contribution >= 4 is 28.8 Å². The SMILES string of the molecule is COc1ccc(C(C)(C)C)cc1NC(=O)C(NC(=O)c1cccs1)C(C)C. The average molecular weight is 389 g/mol. The molecule has 0 aliphatic carbocycles. The molecular weight excluding hydrogens is 360 g/mol. The number of ether oxygens (including phenoxy) is 1. The van der Waals surface area contributed by atoms with E-state index >= 15 is 0 Å². The maximum Gasteiger partial charge on any atom is 0.262 e. The lowest BCUT2D eigenvalue weighted by atomic mass is 9.86. The van der Waals surface area contributed by atoms with Gasteiger partial charge in [-0.15, -0.1) is 11.3 Å². The van der Waals surface area contributed by atoms with Crippen molar-refractivity contribution in [1.29, 1.82) is 0 Å². The monoisotopic (exact) mass is 388 g/mol. The van der Waals surface area contributed by atoms with E-state index in [0.29, 0.717) is 16.3 Å². The molecule has 1 aromatic heterocycles. The molecule has 0 bridgehead atoms. The summed E-state index contributed by atoms with van der Waals surface area (Å²) in [6, 6.07) is 8.67. The summed E-state index contributed by atoms with van der Waals surface area (Å²) in [7, 11) is 1.57. The number of methoxy groups -OCH3 is 1. The number of carbonyl (C=O) groups excluding carboxylic acids is 2. The number of nitrogens with one attached hydrogen (secondary N) is 2. The summed E-state index contributed by atoms with van der Waals surface area (Å²) >= 11 is 1.35. The number of carbonyl (C=O) groups is 2. The molecule has 0 fully saturated rings. The zero-order valence-electron chi connectivity index (χ0n) is 16.8. The van der Waals surface area contributed by atoms with Gasteiger partial charge in [0.05, 0.1) is 17.7 Å². The van der Waals surface area contributed by atoms with Crippen molar-refractivity contribution in [3.63, 3.8) is 0 Å². The Bertz CT molecular complexity index is 792. The number of rotatable bonds is 6. The minimum atomic E-state index is -0.650. The standard InChI is InChI=1S/C21H28N2O3S/c1-13(2)18(23-19(24)17-8-7-11-27-17)20(25)22-15-12-14(21(3,4)5)9-10-16(15)26-6/h7-13,18H,1-6H3,(H,22,25)(H,23,24). The number of anilines is 1. The van der Waals surface area contributed by atoms with Crippen molar-refractivity contribution in [2.75, 3.05) is 12.4 Å². The minimum Gasteiger partial charge on any atom is -0.495 e. The van der Waals surface area contributed by atoms with Crippen molar-refractivity contribution in [2.45, 2.75) is 46.1 Å².